The summed E-state index contributed by atoms with van der Waals surface area (Å²) in [6, 6.07) is -3.56. The summed E-state index contributed by atoms with van der Waals surface area (Å²) in [5.41, 5.74) is -6.65. The van der Waals surface area contributed by atoms with Crippen LogP contribution in [0.15, 0.2) is 36.4 Å². The maximum atomic E-state index is 14.3. The van der Waals surface area contributed by atoms with Crippen molar-refractivity contribution in [1.82, 2.24) is 19.6 Å². The predicted octanol–water partition coefficient (Wildman–Crippen LogP) is 2.94. The molecule has 2 heterocycles. The number of piperazine rings is 1. The van der Waals surface area contributed by atoms with Gasteiger partial charge in [0.2, 0.25) is 5.91 Å². The molecular weight excluding hydrogens is 673 g/mol. The number of alkyl halides is 6. The zero-order valence-electron chi connectivity index (χ0n) is 27.0. The first-order valence-corrected chi connectivity index (χ1v) is 15.0. The number of carbonyl (C=O) groups excluding carboxylic acids is 2. The van der Waals surface area contributed by atoms with Crippen molar-refractivity contribution in [3.63, 3.8) is 0 Å². The SMILES string of the molecule is CC(=O)N1CCN(C2C(C)(O)C(c3ccc(F)cc3C)N(C(=O)N(C)C(C)c3cc(C(F)(F)F)cc(C(F)(F)F)c3)C(O)(O)C2(O)O)CC1. The number of hydrogen-bond donors (Lipinski definition) is 5. The summed E-state index contributed by atoms with van der Waals surface area (Å²) in [4.78, 5) is 29.4. The van der Waals surface area contributed by atoms with E-state index in [1.54, 1.807) is 0 Å². The lowest BCUT2D eigenvalue weighted by atomic mass is 9.71. The largest absolute Gasteiger partial charge is 0.416 e. The molecule has 2 aliphatic rings. The quantitative estimate of drug-likeness (QED) is 0.241. The van der Waals surface area contributed by atoms with Gasteiger partial charge in [-0.05, 0) is 67.8 Å². The molecule has 2 aromatic rings. The third-order valence-corrected chi connectivity index (χ3v) is 9.41. The number of carbonyl (C=O) groups is 2. The van der Waals surface area contributed by atoms with E-state index >= 15 is 0 Å². The van der Waals surface area contributed by atoms with Crippen molar-refractivity contribution >= 4 is 11.9 Å². The molecule has 4 rings (SSSR count). The Labute approximate surface area is 276 Å². The number of piperidine rings is 1. The van der Waals surface area contributed by atoms with Crippen LogP contribution in [-0.2, 0) is 17.1 Å². The summed E-state index contributed by atoms with van der Waals surface area (Å²) >= 11 is 0. The third-order valence-electron chi connectivity index (χ3n) is 9.41. The van der Waals surface area contributed by atoms with E-state index in [9.17, 15) is 65.9 Å². The number of likely N-dealkylation sites (tertiary alicyclic amines) is 1. The second kappa shape index (κ2) is 12.6. The lowest BCUT2D eigenvalue weighted by molar-refractivity contribution is -0.460. The monoisotopic (exact) mass is 710 g/mol. The zero-order valence-corrected chi connectivity index (χ0v) is 27.0. The van der Waals surface area contributed by atoms with Crippen molar-refractivity contribution in [2.75, 3.05) is 33.2 Å². The van der Waals surface area contributed by atoms with E-state index in [2.05, 4.69) is 0 Å². The summed E-state index contributed by atoms with van der Waals surface area (Å²) in [6.45, 7) is 4.58. The van der Waals surface area contributed by atoms with Crippen LogP contribution in [0.3, 0.4) is 0 Å². The molecule has 2 fully saturated rings. The standard InChI is InChI=1S/C31H37F7N4O7/c1-16-12-22(32)6-7-23(16)24-27(4,45)25(41-10-8-40(9-11-41)18(3)43)28(46,47)31(48,49)42(24)26(44)39(5)17(2)19-13-20(29(33,34)35)15-21(14-19)30(36,37)38/h6-7,12-15,17,24-25,45-49H,8-11H2,1-5H3. The van der Waals surface area contributed by atoms with Crippen LogP contribution in [0.1, 0.15) is 60.7 Å². The van der Waals surface area contributed by atoms with Gasteiger partial charge in [0.15, 0.2) is 0 Å². The van der Waals surface area contributed by atoms with E-state index in [-0.39, 0.29) is 54.2 Å². The van der Waals surface area contributed by atoms with Crippen molar-refractivity contribution in [1.29, 1.82) is 0 Å². The fourth-order valence-corrected chi connectivity index (χ4v) is 6.70. The van der Waals surface area contributed by atoms with Crippen LogP contribution in [0.2, 0.25) is 0 Å². The highest BCUT2D eigenvalue weighted by Crippen LogP contribution is 2.51. The van der Waals surface area contributed by atoms with E-state index in [1.807, 2.05) is 0 Å². The van der Waals surface area contributed by atoms with Crippen molar-refractivity contribution in [3.8, 4) is 0 Å². The van der Waals surface area contributed by atoms with Gasteiger partial charge in [0.1, 0.15) is 17.5 Å². The molecule has 5 N–H and O–H groups in total. The van der Waals surface area contributed by atoms with Crippen LogP contribution in [-0.4, -0.2) is 114 Å². The van der Waals surface area contributed by atoms with Gasteiger partial charge in [-0.2, -0.15) is 26.3 Å². The van der Waals surface area contributed by atoms with Gasteiger partial charge in [0.05, 0.1) is 23.2 Å². The summed E-state index contributed by atoms with van der Waals surface area (Å²) in [5.74, 6) is -8.87. The minimum absolute atomic E-state index is 0.0297. The van der Waals surface area contributed by atoms with E-state index in [1.165, 1.54) is 23.6 Å². The molecular formula is C31H37F7N4O7. The summed E-state index contributed by atoms with van der Waals surface area (Å²) in [6.07, 6.45) is -10.4. The normalized spacial score (nSPS) is 25.2. The maximum Gasteiger partial charge on any atom is 0.416 e. The fourth-order valence-electron chi connectivity index (χ4n) is 6.70. The summed E-state index contributed by atoms with van der Waals surface area (Å²) < 4.78 is 96.0. The number of hydrogen-bond acceptors (Lipinski definition) is 8. The molecule has 0 radical (unpaired) electrons. The molecule has 0 aromatic heterocycles. The van der Waals surface area contributed by atoms with Crippen molar-refractivity contribution in [2.45, 2.75) is 75.5 Å². The molecule has 2 aromatic carbocycles. The lowest BCUT2D eigenvalue weighted by Gasteiger charge is -2.62. The summed E-state index contributed by atoms with van der Waals surface area (Å²) in [7, 11) is 0.906. The van der Waals surface area contributed by atoms with Gasteiger partial charge in [-0.3, -0.25) is 14.6 Å². The van der Waals surface area contributed by atoms with Gasteiger partial charge in [-0.15, -0.1) is 0 Å². The Morgan fingerprint density at radius 1 is 0.898 bits per heavy atom. The second-order valence-electron chi connectivity index (χ2n) is 12.7. The molecule has 49 heavy (non-hydrogen) atoms. The average molecular weight is 711 g/mol. The number of rotatable bonds is 4. The summed E-state index contributed by atoms with van der Waals surface area (Å²) in [5, 5.41) is 58.2. The predicted molar refractivity (Wildman–Crippen MR) is 156 cm³/mol. The highest BCUT2D eigenvalue weighted by atomic mass is 19.4. The Bertz CT molecular complexity index is 1560. The second-order valence-corrected chi connectivity index (χ2v) is 12.7. The fraction of sp³-hybridized carbons (Fsp3) is 0.548. The molecule has 4 unspecified atom stereocenters. The molecule has 0 saturated carbocycles. The Hall–Kier alpha value is -3.55. The van der Waals surface area contributed by atoms with Crippen molar-refractivity contribution in [3.05, 3.63) is 70.0 Å². The van der Waals surface area contributed by atoms with E-state index in [4.69, 9.17) is 0 Å². The molecule has 18 heteroatoms. The molecule has 0 spiro atoms. The average Bonchev–Trinajstić information content (AvgIpc) is 2.97. The van der Waals surface area contributed by atoms with Crippen LogP contribution >= 0.6 is 0 Å². The van der Waals surface area contributed by atoms with Gasteiger partial charge >= 0.3 is 24.3 Å². The first-order chi connectivity index (χ1) is 22.2. The molecule has 2 saturated heterocycles. The lowest BCUT2D eigenvalue weighted by Crippen LogP contribution is -2.85. The minimum Gasteiger partial charge on any atom is -0.386 e. The Morgan fingerprint density at radius 3 is 1.86 bits per heavy atom. The molecule has 272 valence electrons. The van der Waals surface area contributed by atoms with Gasteiger partial charge in [0.25, 0.3) is 5.79 Å². The van der Waals surface area contributed by atoms with Crippen LogP contribution in [0.25, 0.3) is 0 Å². The third kappa shape index (κ3) is 6.81. The van der Waals surface area contributed by atoms with Crippen LogP contribution in [0, 0.1) is 12.7 Å². The molecule has 0 aliphatic carbocycles. The molecule has 3 amide bonds. The van der Waals surface area contributed by atoms with Gasteiger partial charge in [0, 0.05) is 40.2 Å². The minimum atomic E-state index is -5.22. The van der Waals surface area contributed by atoms with Crippen LogP contribution in [0.4, 0.5) is 35.5 Å². The maximum absolute atomic E-state index is 14.3. The van der Waals surface area contributed by atoms with Crippen LogP contribution in [0.5, 0.6) is 0 Å². The number of nitrogens with zero attached hydrogens (tertiary/aromatic N) is 4. The van der Waals surface area contributed by atoms with Gasteiger partial charge < -0.3 is 35.3 Å². The Balaban J connectivity index is 1.87. The topological polar surface area (TPSA) is 148 Å². The van der Waals surface area contributed by atoms with E-state index in [0.717, 1.165) is 39.1 Å². The Morgan fingerprint density at radius 2 is 1.41 bits per heavy atom. The molecule has 2 aliphatic heterocycles. The number of aliphatic hydroxyl groups is 5. The number of amides is 3. The van der Waals surface area contributed by atoms with Gasteiger partial charge in [-0.1, -0.05) is 6.07 Å². The first-order valence-electron chi connectivity index (χ1n) is 15.0. The van der Waals surface area contributed by atoms with E-state index < -0.39 is 76.3 Å². The van der Waals surface area contributed by atoms with Crippen molar-refractivity contribution < 1.29 is 65.9 Å². The molecule has 4 atom stereocenters. The number of urea groups is 1. The molecule has 11 nitrogen and oxygen atoms in total. The zero-order chi connectivity index (χ0) is 37.2. The number of benzene rings is 2. The smallest absolute Gasteiger partial charge is 0.386 e. The van der Waals surface area contributed by atoms with E-state index in [0.29, 0.717) is 17.0 Å². The number of halogens is 7. The number of aryl methyl sites for hydroxylation is 1. The Kier molecular flexibility index (Phi) is 9.88. The van der Waals surface area contributed by atoms with Crippen molar-refractivity contribution in [2.24, 2.45) is 0 Å². The van der Waals surface area contributed by atoms with Crippen LogP contribution < -0.4 is 0 Å². The highest BCUT2D eigenvalue weighted by molar-refractivity contribution is 5.77. The molecule has 0 bridgehead atoms. The first kappa shape index (κ1) is 38.3. The van der Waals surface area contributed by atoms with Gasteiger partial charge in [-0.25, -0.2) is 9.18 Å². The highest BCUT2D eigenvalue weighted by Gasteiger charge is 2.73.